The van der Waals surface area contributed by atoms with Gasteiger partial charge < -0.3 is 10.2 Å². The van der Waals surface area contributed by atoms with Gasteiger partial charge in [0.1, 0.15) is 0 Å². The molecule has 0 saturated carbocycles. The molecule has 0 fully saturated rings. The van der Waals surface area contributed by atoms with Crippen LogP contribution in [-0.2, 0) is 4.79 Å². The molecule has 2 unspecified atom stereocenters. The van der Waals surface area contributed by atoms with Gasteiger partial charge in [-0.15, -0.1) is 6.58 Å². The second-order valence-electron chi connectivity index (χ2n) is 10.5. The molecule has 0 saturated heterocycles. The molecule has 1 N–H and O–H groups in total. The van der Waals surface area contributed by atoms with E-state index in [2.05, 4.69) is 46.2 Å². The van der Waals surface area contributed by atoms with Crippen LogP contribution in [0.3, 0.4) is 0 Å². The van der Waals surface area contributed by atoms with E-state index in [1.54, 1.807) is 6.92 Å². The Hall–Kier alpha value is -2.14. The van der Waals surface area contributed by atoms with Gasteiger partial charge in [0.15, 0.2) is 0 Å². The lowest BCUT2D eigenvalue weighted by Crippen LogP contribution is -2.36. The third-order valence-electron chi connectivity index (χ3n) is 5.81. The van der Waals surface area contributed by atoms with E-state index < -0.39 is 5.92 Å². The second-order valence-corrected chi connectivity index (χ2v) is 10.9. The number of unbranched alkanes of at least 4 members (excludes halogenated alkanes) is 1. The van der Waals surface area contributed by atoms with Crippen molar-refractivity contribution < 1.29 is 13.6 Å². The van der Waals surface area contributed by atoms with Gasteiger partial charge in [0.25, 0.3) is 5.92 Å². The van der Waals surface area contributed by atoms with Crippen molar-refractivity contribution in [2.45, 2.75) is 113 Å². The van der Waals surface area contributed by atoms with Crippen LogP contribution in [-0.4, -0.2) is 29.8 Å². The van der Waals surface area contributed by atoms with Crippen LogP contribution in [0.25, 0.3) is 0 Å². The summed E-state index contributed by atoms with van der Waals surface area (Å²) in [6.07, 6.45) is 6.88. The maximum absolute atomic E-state index is 13.4. The molecule has 224 valence electrons. The number of carbonyl (C=O) groups is 1. The Morgan fingerprint density at radius 2 is 1.62 bits per heavy atom. The largest absolute Gasteiger partial charge is 0.379 e. The van der Waals surface area contributed by atoms with Crippen molar-refractivity contribution in [2.75, 3.05) is 13.1 Å². The molecule has 0 aliphatic carbocycles. The fourth-order valence-corrected chi connectivity index (χ4v) is 4.31. The molecule has 1 aromatic carbocycles. The molecule has 2 atom stereocenters. The molecule has 0 spiro atoms. The van der Waals surface area contributed by atoms with Crippen molar-refractivity contribution in [3.63, 3.8) is 0 Å². The van der Waals surface area contributed by atoms with Crippen molar-refractivity contribution in [1.82, 2.24) is 10.2 Å². The summed E-state index contributed by atoms with van der Waals surface area (Å²) in [5.41, 5.74) is 3.18. The number of nitrogens with zero attached hydrogens (tertiary/aromatic N) is 1. The minimum atomic E-state index is -2.92. The summed E-state index contributed by atoms with van der Waals surface area (Å²) in [5, 5.41) is 3.60. The maximum Gasteiger partial charge on any atom is 0.272 e. The van der Waals surface area contributed by atoms with E-state index >= 15 is 0 Å². The average Bonchev–Trinajstić information content (AvgIpc) is 2.81. The minimum absolute atomic E-state index is 0.104. The molecule has 6 heteroatoms. The minimum Gasteiger partial charge on any atom is -0.379 e. The van der Waals surface area contributed by atoms with Crippen molar-refractivity contribution >= 4 is 17.5 Å². The smallest absolute Gasteiger partial charge is 0.272 e. The molecule has 0 heterocycles. The first-order valence-electron chi connectivity index (χ1n) is 14.2. The maximum atomic E-state index is 13.4. The predicted molar refractivity (Wildman–Crippen MR) is 168 cm³/mol. The van der Waals surface area contributed by atoms with Crippen LogP contribution in [0.1, 0.15) is 112 Å². The van der Waals surface area contributed by atoms with Crippen LogP contribution in [0.15, 0.2) is 54.3 Å². The van der Waals surface area contributed by atoms with Crippen LogP contribution in [0.2, 0.25) is 5.02 Å². The van der Waals surface area contributed by atoms with Crippen molar-refractivity contribution in [3.8, 4) is 0 Å². The van der Waals surface area contributed by atoms with Crippen LogP contribution < -0.4 is 5.32 Å². The van der Waals surface area contributed by atoms with E-state index in [0.29, 0.717) is 10.9 Å². The van der Waals surface area contributed by atoms with Crippen molar-refractivity contribution in [1.29, 1.82) is 0 Å². The molecule has 0 aliphatic heterocycles. The molecule has 39 heavy (non-hydrogen) atoms. The normalized spacial score (nSPS) is 12.7. The van der Waals surface area contributed by atoms with Gasteiger partial charge in [-0.1, -0.05) is 82.5 Å². The zero-order chi connectivity index (χ0) is 30.8. The van der Waals surface area contributed by atoms with E-state index in [1.165, 1.54) is 24.5 Å². The highest BCUT2D eigenvalue weighted by Gasteiger charge is 2.29. The number of amides is 1. The van der Waals surface area contributed by atoms with E-state index in [4.69, 9.17) is 11.6 Å². The topological polar surface area (TPSA) is 32.3 Å². The first-order chi connectivity index (χ1) is 18.1. The lowest BCUT2D eigenvalue weighted by molar-refractivity contribution is -0.135. The third kappa shape index (κ3) is 17.2. The van der Waals surface area contributed by atoms with Crippen molar-refractivity contribution in [3.05, 3.63) is 70.4 Å². The van der Waals surface area contributed by atoms with E-state index in [1.807, 2.05) is 50.8 Å². The standard InChI is InChI=1S/C16H20ClF2N.C13H27NO.C4H8/c1-6-14(16(5,18)19)12(4)20-11(3)13-8-7-10(2)9-15(13)17;1-5-8-9-12(4)13(15)14(10-6-2)11-7-3;1-4(2)3/h6-9,11,20H,4H2,1-3,5H3;12H,5-11H2,1-4H3;1H2,2-3H3/b14-6+;;. The number of hydrogen-bond donors (Lipinski definition) is 1. The lowest BCUT2D eigenvalue weighted by Gasteiger charge is -2.25. The van der Waals surface area contributed by atoms with E-state index in [9.17, 15) is 13.6 Å². The lowest BCUT2D eigenvalue weighted by atomic mass is 10.0. The quantitative estimate of drug-likeness (QED) is 0.189. The SMILES string of the molecule is C=C(C)C.C=C(NC(C)c1ccc(C)cc1Cl)/C(=C\C)C(C)(F)F.CCCCC(C)C(=O)N(CCC)CCC. The highest BCUT2D eigenvalue weighted by atomic mass is 35.5. The van der Waals surface area contributed by atoms with Gasteiger partial charge in [0, 0.05) is 48.3 Å². The first-order valence-corrected chi connectivity index (χ1v) is 14.6. The number of alkyl halides is 2. The Morgan fingerprint density at radius 3 is 2.00 bits per heavy atom. The first kappa shape index (κ1) is 39.0. The summed E-state index contributed by atoms with van der Waals surface area (Å²) in [7, 11) is 0. The molecule has 1 aromatic rings. The molecule has 1 rings (SSSR count). The van der Waals surface area contributed by atoms with E-state index in [-0.39, 0.29) is 23.2 Å². The Balaban J connectivity index is 0. The number of hydrogen-bond acceptors (Lipinski definition) is 2. The summed E-state index contributed by atoms with van der Waals surface area (Å²) in [4.78, 5) is 14.1. The number of rotatable bonds is 13. The summed E-state index contributed by atoms with van der Waals surface area (Å²) >= 11 is 6.18. The number of carbonyl (C=O) groups excluding carboxylic acids is 1. The van der Waals surface area contributed by atoms with Crippen LogP contribution >= 0.6 is 11.6 Å². The Kier molecular flexibility index (Phi) is 20.7. The molecular weight excluding hydrogens is 514 g/mol. The van der Waals surface area contributed by atoms with Crippen molar-refractivity contribution in [2.24, 2.45) is 5.92 Å². The summed E-state index contributed by atoms with van der Waals surface area (Å²) < 4.78 is 26.9. The molecule has 0 aliphatic rings. The third-order valence-corrected chi connectivity index (χ3v) is 6.14. The molecule has 0 bridgehead atoms. The van der Waals surface area contributed by atoms with Crippen LogP contribution in [0.5, 0.6) is 0 Å². The van der Waals surface area contributed by atoms with E-state index in [0.717, 1.165) is 50.4 Å². The number of nitrogens with one attached hydrogen (secondary N) is 1. The van der Waals surface area contributed by atoms with Gasteiger partial charge in [0.2, 0.25) is 5.91 Å². The summed E-state index contributed by atoms with van der Waals surface area (Å²) in [5.74, 6) is -2.36. The molecule has 1 amide bonds. The summed E-state index contributed by atoms with van der Waals surface area (Å²) in [6, 6.07) is 5.48. The van der Waals surface area contributed by atoms with Gasteiger partial charge in [0.05, 0.1) is 0 Å². The molecule has 0 aromatic heterocycles. The molecule has 3 nitrogen and oxygen atoms in total. The second kappa shape index (κ2) is 20.7. The van der Waals surface area contributed by atoms with Gasteiger partial charge in [-0.05, 0) is 71.1 Å². The Bertz CT molecular complexity index is 895. The van der Waals surface area contributed by atoms with Crippen LogP contribution in [0.4, 0.5) is 8.78 Å². The average molecular weight is 569 g/mol. The number of aryl methyl sites for hydroxylation is 1. The summed E-state index contributed by atoms with van der Waals surface area (Å²) in [6.45, 7) is 27.8. The highest BCUT2D eigenvalue weighted by Crippen LogP contribution is 2.30. The molecule has 0 radical (unpaired) electrons. The van der Waals surface area contributed by atoms with Gasteiger partial charge in [-0.25, -0.2) is 8.78 Å². The zero-order valence-electron chi connectivity index (χ0n) is 26.3. The number of allylic oxidation sites excluding steroid dienone is 3. The fourth-order valence-electron chi connectivity index (χ4n) is 3.91. The van der Waals surface area contributed by atoms with Gasteiger partial charge >= 0.3 is 0 Å². The van der Waals surface area contributed by atoms with Crippen LogP contribution in [0, 0.1) is 12.8 Å². The highest BCUT2D eigenvalue weighted by molar-refractivity contribution is 6.31. The fraction of sp³-hybridized carbons (Fsp3) is 0.606. The molecular formula is C33H55ClF2N2O. The monoisotopic (exact) mass is 568 g/mol. The number of halogens is 3. The zero-order valence-corrected chi connectivity index (χ0v) is 27.1. The predicted octanol–water partition coefficient (Wildman–Crippen LogP) is 10.5. The Labute approximate surface area is 243 Å². The Morgan fingerprint density at radius 1 is 1.10 bits per heavy atom. The van der Waals surface area contributed by atoms with Gasteiger partial charge in [-0.3, -0.25) is 4.79 Å². The number of benzene rings is 1. The van der Waals surface area contributed by atoms with Gasteiger partial charge in [-0.2, -0.15) is 0 Å².